The van der Waals surface area contributed by atoms with Crippen LogP contribution in [0.5, 0.6) is 0 Å². The summed E-state index contributed by atoms with van der Waals surface area (Å²) >= 11 is 6.37. The Morgan fingerprint density at radius 1 is 0.892 bits per heavy atom. The number of aryl methyl sites for hydroxylation is 1. The van der Waals surface area contributed by atoms with Crippen LogP contribution in [0.15, 0.2) is 84.9 Å². The van der Waals surface area contributed by atoms with E-state index in [2.05, 4.69) is 52.3 Å². The Kier molecular flexibility index (Phi) is 6.54. The van der Waals surface area contributed by atoms with Crippen molar-refractivity contribution in [2.45, 2.75) is 19.3 Å². The number of nitrogens with one attached hydrogen (secondary N) is 1. The number of hydrogen-bond acceptors (Lipinski definition) is 3. The van der Waals surface area contributed by atoms with E-state index in [1.54, 1.807) is 0 Å². The number of H-pyrrole nitrogens is 1. The number of rotatable bonds is 6. The molecule has 6 heteroatoms. The van der Waals surface area contributed by atoms with Crippen LogP contribution >= 0.6 is 11.6 Å². The molecule has 0 unspecified atom stereocenters. The highest BCUT2D eigenvalue weighted by molar-refractivity contribution is 6.31. The number of aromatic amines is 1. The number of piperazine rings is 1. The summed E-state index contributed by atoms with van der Waals surface area (Å²) in [6.45, 7) is 3.27. The molecule has 1 aliphatic heterocycles. The molecular formula is C31H29ClN4O. The van der Waals surface area contributed by atoms with Crippen LogP contribution in [-0.2, 0) is 11.2 Å². The molecule has 3 aromatic carbocycles. The number of hydrogen-bond donors (Lipinski definition) is 1. The zero-order valence-corrected chi connectivity index (χ0v) is 21.4. The Hall–Kier alpha value is -3.83. The van der Waals surface area contributed by atoms with Crippen LogP contribution in [0.4, 0.5) is 5.69 Å². The number of nitrogens with zero attached hydrogens (tertiary/aromatic N) is 3. The van der Waals surface area contributed by atoms with Crippen molar-refractivity contribution in [2.75, 3.05) is 31.1 Å². The third kappa shape index (κ3) is 4.92. The van der Waals surface area contributed by atoms with Crippen molar-refractivity contribution in [3.63, 3.8) is 0 Å². The maximum atomic E-state index is 13.1. The molecule has 5 aromatic rings. The minimum Gasteiger partial charge on any atom is -0.368 e. The van der Waals surface area contributed by atoms with Gasteiger partial charge in [0.25, 0.3) is 0 Å². The van der Waals surface area contributed by atoms with E-state index in [9.17, 15) is 4.79 Å². The average Bonchev–Trinajstić information content (AvgIpc) is 3.31. The molecule has 6 rings (SSSR count). The van der Waals surface area contributed by atoms with Crippen LogP contribution in [0.3, 0.4) is 0 Å². The first-order valence-electron chi connectivity index (χ1n) is 12.9. The minimum absolute atomic E-state index is 0.232. The lowest BCUT2D eigenvalue weighted by Gasteiger charge is -2.36. The van der Waals surface area contributed by atoms with E-state index in [4.69, 9.17) is 16.6 Å². The number of aromatic nitrogens is 2. The largest absolute Gasteiger partial charge is 0.368 e. The van der Waals surface area contributed by atoms with Crippen molar-refractivity contribution in [2.24, 2.45) is 0 Å². The van der Waals surface area contributed by atoms with Gasteiger partial charge in [-0.05, 0) is 60.9 Å². The van der Waals surface area contributed by atoms with Gasteiger partial charge in [-0.2, -0.15) is 0 Å². The van der Waals surface area contributed by atoms with E-state index in [1.165, 1.54) is 11.3 Å². The predicted octanol–water partition coefficient (Wildman–Crippen LogP) is 6.71. The molecule has 1 N–H and O–H groups in total. The summed E-state index contributed by atoms with van der Waals surface area (Å²) in [7, 11) is 0. The van der Waals surface area contributed by atoms with E-state index in [1.807, 2.05) is 47.4 Å². The average molecular weight is 509 g/mol. The summed E-state index contributed by atoms with van der Waals surface area (Å²) < 4.78 is 0. The quantitative estimate of drug-likeness (QED) is 0.277. The molecule has 0 spiro atoms. The van der Waals surface area contributed by atoms with Gasteiger partial charge in [-0.15, -0.1) is 0 Å². The highest BCUT2D eigenvalue weighted by Gasteiger charge is 2.22. The number of pyridine rings is 1. The number of carbonyl (C=O) groups is 1. The number of carbonyl (C=O) groups excluding carboxylic acids is 1. The fourth-order valence-electron chi connectivity index (χ4n) is 5.33. The molecule has 37 heavy (non-hydrogen) atoms. The van der Waals surface area contributed by atoms with Gasteiger partial charge in [0.05, 0.1) is 16.9 Å². The molecule has 0 aliphatic carbocycles. The van der Waals surface area contributed by atoms with E-state index in [0.717, 1.165) is 72.2 Å². The van der Waals surface area contributed by atoms with Gasteiger partial charge in [0, 0.05) is 59.6 Å². The van der Waals surface area contributed by atoms with Crippen molar-refractivity contribution in [3.8, 4) is 11.4 Å². The fourth-order valence-corrected chi connectivity index (χ4v) is 5.50. The lowest BCUT2D eigenvalue weighted by atomic mass is 10.0. The van der Waals surface area contributed by atoms with Crippen molar-refractivity contribution in [1.82, 2.24) is 14.9 Å². The third-order valence-corrected chi connectivity index (χ3v) is 7.53. The molecule has 1 amide bonds. The monoisotopic (exact) mass is 508 g/mol. The standard InChI is InChI=1S/C31H29ClN4O/c32-23-14-16-28-26(21-23)25(31(34-28)29-15-13-22-7-4-5-11-27(22)33-29)10-6-12-30(37)36-19-17-35(18-20-36)24-8-2-1-3-9-24/h1-5,7-9,11,13-16,21,34H,6,10,12,17-20H2. The van der Waals surface area contributed by atoms with E-state index >= 15 is 0 Å². The molecule has 3 heterocycles. The highest BCUT2D eigenvalue weighted by Crippen LogP contribution is 2.33. The molecule has 1 fully saturated rings. The van der Waals surface area contributed by atoms with Crippen LogP contribution in [0, 0.1) is 0 Å². The Morgan fingerprint density at radius 3 is 2.51 bits per heavy atom. The number of anilines is 1. The lowest BCUT2D eigenvalue weighted by Crippen LogP contribution is -2.48. The zero-order chi connectivity index (χ0) is 25.2. The second kappa shape index (κ2) is 10.3. The molecule has 0 bridgehead atoms. The smallest absolute Gasteiger partial charge is 0.222 e. The third-order valence-electron chi connectivity index (χ3n) is 7.29. The first-order chi connectivity index (χ1) is 18.2. The fraction of sp³-hybridized carbons (Fsp3) is 0.226. The number of amides is 1. The van der Waals surface area contributed by atoms with Gasteiger partial charge in [0.1, 0.15) is 0 Å². The van der Waals surface area contributed by atoms with Gasteiger partial charge in [0.2, 0.25) is 5.91 Å². The van der Waals surface area contributed by atoms with Crippen molar-refractivity contribution in [3.05, 3.63) is 95.5 Å². The van der Waals surface area contributed by atoms with E-state index < -0.39 is 0 Å². The summed E-state index contributed by atoms with van der Waals surface area (Å²) in [6, 6.07) is 28.7. The molecule has 0 radical (unpaired) electrons. The maximum Gasteiger partial charge on any atom is 0.222 e. The number of halogens is 1. The topological polar surface area (TPSA) is 52.2 Å². The lowest BCUT2D eigenvalue weighted by molar-refractivity contribution is -0.131. The van der Waals surface area contributed by atoms with Gasteiger partial charge in [0.15, 0.2) is 0 Å². The number of para-hydroxylation sites is 2. The van der Waals surface area contributed by atoms with Gasteiger partial charge in [-0.1, -0.05) is 54.1 Å². The summed E-state index contributed by atoms with van der Waals surface area (Å²) in [6.07, 6.45) is 2.08. The zero-order valence-electron chi connectivity index (χ0n) is 20.7. The summed E-state index contributed by atoms with van der Waals surface area (Å²) in [5, 5.41) is 2.92. The minimum atomic E-state index is 0.232. The first kappa shape index (κ1) is 23.6. The first-order valence-corrected chi connectivity index (χ1v) is 13.3. The number of benzene rings is 3. The second-order valence-electron chi connectivity index (χ2n) is 9.61. The van der Waals surface area contributed by atoms with Crippen LogP contribution in [0.2, 0.25) is 5.02 Å². The second-order valence-corrected chi connectivity index (χ2v) is 10.1. The molecule has 0 atom stereocenters. The predicted molar refractivity (Wildman–Crippen MR) is 152 cm³/mol. The van der Waals surface area contributed by atoms with Crippen molar-refractivity contribution in [1.29, 1.82) is 0 Å². The molecule has 2 aromatic heterocycles. The van der Waals surface area contributed by atoms with Gasteiger partial charge in [-0.3, -0.25) is 4.79 Å². The normalized spacial score (nSPS) is 14.0. The van der Waals surface area contributed by atoms with Gasteiger partial charge < -0.3 is 14.8 Å². The van der Waals surface area contributed by atoms with Crippen molar-refractivity contribution < 1.29 is 4.79 Å². The molecule has 1 saturated heterocycles. The Bertz CT molecular complexity index is 1550. The molecule has 0 saturated carbocycles. The van der Waals surface area contributed by atoms with Crippen LogP contribution in [0.1, 0.15) is 18.4 Å². The molecule has 5 nitrogen and oxygen atoms in total. The van der Waals surface area contributed by atoms with Gasteiger partial charge in [-0.25, -0.2) is 4.98 Å². The highest BCUT2D eigenvalue weighted by atomic mass is 35.5. The molecule has 186 valence electrons. The summed E-state index contributed by atoms with van der Waals surface area (Å²) in [4.78, 5) is 25.9. The Balaban J connectivity index is 1.17. The SMILES string of the molecule is O=C(CCCc1c(-c2ccc3ccccc3n2)[nH]c2ccc(Cl)cc12)N1CCN(c2ccccc2)CC1. The van der Waals surface area contributed by atoms with Crippen molar-refractivity contribution >= 4 is 45.0 Å². The molecular weight excluding hydrogens is 480 g/mol. The molecule has 1 aliphatic rings. The van der Waals surface area contributed by atoms with E-state index in [0.29, 0.717) is 11.4 Å². The van der Waals surface area contributed by atoms with E-state index in [-0.39, 0.29) is 5.91 Å². The van der Waals surface area contributed by atoms with Crippen LogP contribution < -0.4 is 4.90 Å². The Labute approximate surface area is 221 Å². The summed E-state index contributed by atoms with van der Waals surface area (Å²) in [5.41, 5.74) is 6.31. The Morgan fingerprint density at radius 2 is 1.68 bits per heavy atom. The van der Waals surface area contributed by atoms with Gasteiger partial charge >= 0.3 is 0 Å². The van der Waals surface area contributed by atoms with Crippen LogP contribution in [-0.4, -0.2) is 47.0 Å². The maximum absolute atomic E-state index is 13.1. The van der Waals surface area contributed by atoms with Crippen LogP contribution in [0.25, 0.3) is 33.2 Å². The number of fused-ring (bicyclic) bond motifs is 2. The summed E-state index contributed by atoms with van der Waals surface area (Å²) in [5.74, 6) is 0.232.